The number of sulfonamides is 1. The van der Waals surface area contributed by atoms with E-state index in [1.807, 2.05) is 49.4 Å². The average Bonchev–Trinajstić information content (AvgIpc) is 2.56. The third-order valence-electron chi connectivity index (χ3n) is 3.93. The van der Waals surface area contributed by atoms with E-state index in [4.69, 9.17) is 0 Å². The van der Waals surface area contributed by atoms with E-state index in [1.54, 1.807) is 16.4 Å². The zero-order chi connectivity index (χ0) is 15.6. The Morgan fingerprint density at radius 1 is 1.00 bits per heavy atom. The molecule has 0 spiro atoms. The van der Waals surface area contributed by atoms with Gasteiger partial charge in [0.1, 0.15) is 0 Å². The van der Waals surface area contributed by atoms with Crippen LogP contribution in [-0.4, -0.2) is 38.4 Å². The van der Waals surface area contributed by atoms with E-state index in [0.29, 0.717) is 24.5 Å². The Morgan fingerprint density at radius 2 is 1.64 bits per heavy atom. The number of nitrogens with one attached hydrogen (secondary N) is 1. The summed E-state index contributed by atoms with van der Waals surface area (Å²) in [6, 6.07) is 17.3. The minimum absolute atomic E-state index is 0.187. The summed E-state index contributed by atoms with van der Waals surface area (Å²) < 4.78 is 26.9. The molecule has 1 aliphatic heterocycles. The van der Waals surface area contributed by atoms with Gasteiger partial charge in [0, 0.05) is 25.7 Å². The van der Waals surface area contributed by atoms with Crippen LogP contribution in [0.5, 0.6) is 0 Å². The molecular formula is C17H20N2O2S. The molecule has 0 saturated carbocycles. The Bertz CT molecular complexity index is 727. The van der Waals surface area contributed by atoms with Gasteiger partial charge in [-0.1, -0.05) is 42.5 Å². The van der Waals surface area contributed by atoms with Gasteiger partial charge in [-0.3, -0.25) is 0 Å². The van der Waals surface area contributed by atoms with Gasteiger partial charge in [-0.05, 0) is 30.2 Å². The first-order valence-corrected chi connectivity index (χ1v) is 8.90. The third kappa shape index (κ3) is 3.06. The van der Waals surface area contributed by atoms with E-state index in [2.05, 4.69) is 5.32 Å². The van der Waals surface area contributed by atoms with Gasteiger partial charge < -0.3 is 5.32 Å². The second-order valence-corrected chi connectivity index (χ2v) is 7.55. The summed E-state index contributed by atoms with van der Waals surface area (Å²) >= 11 is 0. The maximum absolute atomic E-state index is 12.7. The van der Waals surface area contributed by atoms with Crippen LogP contribution in [0.15, 0.2) is 59.5 Å². The van der Waals surface area contributed by atoms with Crippen LogP contribution in [0.1, 0.15) is 6.92 Å². The van der Waals surface area contributed by atoms with Gasteiger partial charge in [-0.2, -0.15) is 4.31 Å². The second kappa shape index (κ2) is 6.20. The monoisotopic (exact) mass is 316 g/mol. The van der Waals surface area contributed by atoms with E-state index in [9.17, 15) is 8.42 Å². The molecule has 1 N–H and O–H groups in total. The molecule has 1 heterocycles. The van der Waals surface area contributed by atoms with Crippen molar-refractivity contribution in [1.29, 1.82) is 0 Å². The average molecular weight is 316 g/mol. The lowest BCUT2D eigenvalue weighted by atomic mass is 10.1. The Kier molecular flexibility index (Phi) is 4.29. The fourth-order valence-electron chi connectivity index (χ4n) is 2.71. The molecule has 1 aliphatic rings. The zero-order valence-electron chi connectivity index (χ0n) is 12.6. The molecule has 1 unspecified atom stereocenters. The van der Waals surface area contributed by atoms with Crippen molar-refractivity contribution in [3.05, 3.63) is 54.6 Å². The van der Waals surface area contributed by atoms with E-state index in [-0.39, 0.29) is 6.04 Å². The Hall–Kier alpha value is -1.69. The molecule has 22 heavy (non-hydrogen) atoms. The number of rotatable bonds is 3. The molecule has 1 fully saturated rings. The van der Waals surface area contributed by atoms with Crippen LogP contribution in [-0.2, 0) is 10.0 Å². The first-order chi connectivity index (χ1) is 10.6. The Labute approximate surface area is 131 Å². The van der Waals surface area contributed by atoms with Crippen LogP contribution in [0.4, 0.5) is 0 Å². The maximum atomic E-state index is 12.7. The van der Waals surface area contributed by atoms with Gasteiger partial charge in [-0.25, -0.2) is 8.42 Å². The molecule has 2 aromatic rings. The first-order valence-electron chi connectivity index (χ1n) is 7.46. The molecule has 0 aliphatic carbocycles. The SMILES string of the molecule is CC1CN(S(=O)(=O)c2ccc(-c3ccccc3)cc2)CCN1. The van der Waals surface area contributed by atoms with Crippen molar-refractivity contribution in [1.82, 2.24) is 9.62 Å². The summed E-state index contributed by atoms with van der Waals surface area (Å²) in [4.78, 5) is 0.362. The molecule has 0 bridgehead atoms. The van der Waals surface area contributed by atoms with E-state index >= 15 is 0 Å². The summed E-state index contributed by atoms with van der Waals surface area (Å²) in [7, 11) is -3.40. The minimum Gasteiger partial charge on any atom is -0.312 e. The van der Waals surface area contributed by atoms with Crippen molar-refractivity contribution in [2.24, 2.45) is 0 Å². The summed E-state index contributed by atoms with van der Waals surface area (Å²) in [6.45, 7) is 3.73. The van der Waals surface area contributed by atoms with Crippen LogP contribution in [0.2, 0.25) is 0 Å². The van der Waals surface area contributed by atoms with Crippen molar-refractivity contribution in [3.63, 3.8) is 0 Å². The van der Waals surface area contributed by atoms with E-state index < -0.39 is 10.0 Å². The molecule has 0 aromatic heterocycles. The van der Waals surface area contributed by atoms with Crippen LogP contribution < -0.4 is 5.32 Å². The predicted octanol–water partition coefficient (Wildman–Crippen LogP) is 2.34. The second-order valence-electron chi connectivity index (χ2n) is 5.61. The number of piperazine rings is 1. The Morgan fingerprint density at radius 3 is 2.27 bits per heavy atom. The molecule has 2 aromatic carbocycles. The normalized spacial score (nSPS) is 20.0. The van der Waals surface area contributed by atoms with Gasteiger partial charge in [-0.15, -0.1) is 0 Å². The van der Waals surface area contributed by atoms with Crippen molar-refractivity contribution >= 4 is 10.0 Å². The molecule has 5 heteroatoms. The third-order valence-corrected chi connectivity index (χ3v) is 5.81. The van der Waals surface area contributed by atoms with Crippen LogP contribution in [0.25, 0.3) is 11.1 Å². The van der Waals surface area contributed by atoms with Crippen molar-refractivity contribution < 1.29 is 8.42 Å². The lowest BCUT2D eigenvalue weighted by molar-refractivity contribution is 0.310. The molecule has 4 nitrogen and oxygen atoms in total. The lowest BCUT2D eigenvalue weighted by Crippen LogP contribution is -2.51. The fraction of sp³-hybridized carbons (Fsp3) is 0.294. The van der Waals surface area contributed by atoms with Gasteiger partial charge in [0.05, 0.1) is 4.90 Å². The standard InChI is InChI=1S/C17H20N2O2S/c1-14-13-19(12-11-18-14)22(20,21)17-9-7-16(8-10-17)15-5-3-2-4-6-15/h2-10,14,18H,11-13H2,1H3. The molecular weight excluding hydrogens is 296 g/mol. The van der Waals surface area contributed by atoms with Crippen molar-refractivity contribution in [2.45, 2.75) is 17.9 Å². The number of benzene rings is 2. The number of hydrogen-bond donors (Lipinski definition) is 1. The van der Waals surface area contributed by atoms with Gasteiger partial charge in [0.25, 0.3) is 0 Å². The van der Waals surface area contributed by atoms with E-state index in [1.165, 1.54) is 0 Å². The zero-order valence-corrected chi connectivity index (χ0v) is 13.4. The largest absolute Gasteiger partial charge is 0.312 e. The lowest BCUT2D eigenvalue weighted by Gasteiger charge is -2.31. The van der Waals surface area contributed by atoms with Crippen LogP contribution in [0.3, 0.4) is 0 Å². The molecule has 1 atom stereocenters. The van der Waals surface area contributed by atoms with Gasteiger partial charge in [0.2, 0.25) is 10.0 Å². The highest BCUT2D eigenvalue weighted by molar-refractivity contribution is 7.89. The minimum atomic E-state index is -3.40. The fourth-order valence-corrected chi connectivity index (χ4v) is 4.24. The topological polar surface area (TPSA) is 49.4 Å². The van der Waals surface area contributed by atoms with Crippen LogP contribution in [0, 0.1) is 0 Å². The summed E-state index contributed by atoms with van der Waals surface area (Å²) in [5.41, 5.74) is 2.11. The number of nitrogens with zero attached hydrogens (tertiary/aromatic N) is 1. The van der Waals surface area contributed by atoms with Crippen LogP contribution >= 0.6 is 0 Å². The predicted molar refractivity (Wildman–Crippen MR) is 88.1 cm³/mol. The molecule has 3 rings (SSSR count). The summed E-state index contributed by atoms with van der Waals surface area (Å²) in [6.07, 6.45) is 0. The molecule has 1 saturated heterocycles. The highest BCUT2D eigenvalue weighted by Gasteiger charge is 2.28. The first kappa shape index (κ1) is 15.2. The van der Waals surface area contributed by atoms with Crippen molar-refractivity contribution in [3.8, 4) is 11.1 Å². The van der Waals surface area contributed by atoms with Gasteiger partial charge in [0.15, 0.2) is 0 Å². The highest BCUT2D eigenvalue weighted by Crippen LogP contribution is 2.23. The molecule has 0 amide bonds. The van der Waals surface area contributed by atoms with E-state index in [0.717, 1.165) is 11.1 Å². The quantitative estimate of drug-likeness (QED) is 0.945. The smallest absolute Gasteiger partial charge is 0.243 e. The maximum Gasteiger partial charge on any atom is 0.243 e. The highest BCUT2D eigenvalue weighted by atomic mass is 32.2. The Balaban J connectivity index is 1.86. The summed E-state index contributed by atoms with van der Waals surface area (Å²) in [5.74, 6) is 0. The van der Waals surface area contributed by atoms with Gasteiger partial charge >= 0.3 is 0 Å². The molecule has 116 valence electrons. The van der Waals surface area contributed by atoms with Crippen molar-refractivity contribution in [2.75, 3.05) is 19.6 Å². The number of hydrogen-bond acceptors (Lipinski definition) is 3. The molecule has 0 radical (unpaired) electrons. The summed E-state index contributed by atoms with van der Waals surface area (Å²) in [5, 5.41) is 3.26.